The molecule has 0 saturated heterocycles. The van der Waals surface area contributed by atoms with E-state index in [4.69, 9.17) is 9.47 Å². The molecule has 1 atom stereocenters. The van der Waals surface area contributed by atoms with Crippen LogP contribution in [0.3, 0.4) is 0 Å². The highest BCUT2D eigenvalue weighted by molar-refractivity contribution is 4.49. The van der Waals surface area contributed by atoms with Crippen LogP contribution in [0.1, 0.15) is 118 Å². The lowest BCUT2D eigenvalue weighted by Crippen LogP contribution is -2.18. The van der Waals surface area contributed by atoms with E-state index in [1.807, 2.05) is 20.8 Å². The maximum Gasteiger partial charge on any atom is 0.155 e. The molecule has 0 aromatic rings. The van der Waals surface area contributed by atoms with E-state index in [0.29, 0.717) is 0 Å². The quantitative estimate of drug-likeness (QED) is 0.195. The monoisotopic (exact) mass is 328 g/mol. The van der Waals surface area contributed by atoms with E-state index in [1.165, 1.54) is 89.9 Å². The van der Waals surface area contributed by atoms with E-state index in [2.05, 4.69) is 6.92 Å². The molecule has 0 aliphatic heterocycles. The van der Waals surface area contributed by atoms with Crippen LogP contribution in [0, 0.1) is 0 Å². The molecule has 2 nitrogen and oxygen atoms in total. The normalized spacial score (nSPS) is 12.9. The fourth-order valence-electron chi connectivity index (χ4n) is 2.97. The molecule has 0 amide bonds. The summed E-state index contributed by atoms with van der Waals surface area (Å²) in [7, 11) is 0. The summed E-state index contributed by atoms with van der Waals surface area (Å²) >= 11 is 0. The molecule has 0 rings (SSSR count). The first kappa shape index (κ1) is 22.9. The second-order valence-corrected chi connectivity index (χ2v) is 7.22. The van der Waals surface area contributed by atoms with Crippen molar-refractivity contribution in [1.82, 2.24) is 0 Å². The first-order chi connectivity index (χ1) is 11.2. The van der Waals surface area contributed by atoms with Crippen LogP contribution in [0.25, 0.3) is 0 Å². The molecule has 0 radical (unpaired) electrons. The topological polar surface area (TPSA) is 18.5 Å². The van der Waals surface area contributed by atoms with Gasteiger partial charge in [-0.25, -0.2) is 0 Å². The van der Waals surface area contributed by atoms with Crippen molar-refractivity contribution in [2.45, 2.75) is 130 Å². The summed E-state index contributed by atoms with van der Waals surface area (Å²) in [5.41, 5.74) is 0. The van der Waals surface area contributed by atoms with Crippen LogP contribution < -0.4 is 0 Å². The summed E-state index contributed by atoms with van der Waals surface area (Å²) in [4.78, 5) is 0. The van der Waals surface area contributed by atoms with Gasteiger partial charge in [0, 0.05) is 6.61 Å². The van der Waals surface area contributed by atoms with Crippen LogP contribution in [0.2, 0.25) is 0 Å². The van der Waals surface area contributed by atoms with Crippen molar-refractivity contribution in [3.05, 3.63) is 0 Å². The standard InChI is InChI=1S/C21H44O2/c1-5-6-7-8-9-10-11-12-13-14-15-16-17-18-19-22-21(4)23-20(2)3/h20-21H,5-19H2,1-4H3. The SMILES string of the molecule is CCCCCCCCCCCCCCCCOC(C)OC(C)C. The van der Waals surface area contributed by atoms with Crippen molar-refractivity contribution in [3.8, 4) is 0 Å². The van der Waals surface area contributed by atoms with Crippen molar-refractivity contribution in [1.29, 1.82) is 0 Å². The zero-order chi connectivity index (χ0) is 17.2. The van der Waals surface area contributed by atoms with Gasteiger partial charge in [0.15, 0.2) is 6.29 Å². The molecule has 0 N–H and O–H groups in total. The minimum Gasteiger partial charge on any atom is -0.353 e. The van der Waals surface area contributed by atoms with Gasteiger partial charge in [0.2, 0.25) is 0 Å². The van der Waals surface area contributed by atoms with Gasteiger partial charge in [-0.1, -0.05) is 90.4 Å². The second-order valence-electron chi connectivity index (χ2n) is 7.22. The van der Waals surface area contributed by atoms with Gasteiger partial charge in [0.05, 0.1) is 6.10 Å². The van der Waals surface area contributed by atoms with Crippen LogP contribution in [0.4, 0.5) is 0 Å². The smallest absolute Gasteiger partial charge is 0.155 e. The van der Waals surface area contributed by atoms with E-state index in [1.54, 1.807) is 0 Å². The molecule has 0 aromatic carbocycles. The zero-order valence-corrected chi connectivity index (χ0v) is 16.6. The number of rotatable bonds is 18. The van der Waals surface area contributed by atoms with Gasteiger partial charge in [0.25, 0.3) is 0 Å². The molecule has 23 heavy (non-hydrogen) atoms. The van der Waals surface area contributed by atoms with Crippen molar-refractivity contribution in [2.75, 3.05) is 6.61 Å². The third-order valence-electron chi connectivity index (χ3n) is 4.31. The lowest BCUT2D eigenvalue weighted by molar-refractivity contribution is -0.151. The predicted octanol–water partition coefficient (Wildman–Crippen LogP) is 7.26. The van der Waals surface area contributed by atoms with Gasteiger partial charge in [-0.2, -0.15) is 0 Å². The van der Waals surface area contributed by atoms with Crippen LogP contribution in [-0.4, -0.2) is 19.0 Å². The molecule has 0 saturated carbocycles. The summed E-state index contributed by atoms with van der Waals surface area (Å²) in [6, 6.07) is 0. The Morgan fingerprint density at radius 2 is 0.957 bits per heavy atom. The summed E-state index contributed by atoms with van der Waals surface area (Å²) in [5, 5.41) is 0. The number of hydrogen-bond donors (Lipinski definition) is 0. The number of unbranched alkanes of at least 4 members (excludes halogenated alkanes) is 13. The molecule has 2 heteroatoms. The number of hydrogen-bond acceptors (Lipinski definition) is 2. The molecule has 0 heterocycles. The Morgan fingerprint density at radius 1 is 0.565 bits per heavy atom. The van der Waals surface area contributed by atoms with Crippen LogP contribution in [0.5, 0.6) is 0 Å². The van der Waals surface area contributed by atoms with Crippen molar-refractivity contribution in [3.63, 3.8) is 0 Å². The average Bonchev–Trinajstić information content (AvgIpc) is 2.50. The maximum atomic E-state index is 5.64. The molecule has 0 aliphatic rings. The van der Waals surface area contributed by atoms with Gasteiger partial charge < -0.3 is 9.47 Å². The van der Waals surface area contributed by atoms with Gasteiger partial charge >= 0.3 is 0 Å². The van der Waals surface area contributed by atoms with E-state index >= 15 is 0 Å². The van der Waals surface area contributed by atoms with E-state index < -0.39 is 0 Å². The minimum absolute atomic E-state index is 0.0584. The molecule has 0 fully saturated rings. The zero-order valence-electron chi connectivity index (χ0n) is 16.6. The van der Waals surface area contributed by atoms with E-state index in [0.717, 1.165) is 6.61 Å². The molecule has 1 unspecified atom stereocenters. The fourth-order valence-corrected chi connectivity index (χ4v) is 2.97. The first-order valence-corrected chi connectivity index (χ1v) is 10.4. The van der Waals surface area contributed by atoms with E-state index in [-0.39, 0.29) is 12.4 Å². The Kier molecular flexibility index (Phi) is 18.2. The Hall–Kier alpha value is -0.0800. The fraction of sp³-hybridized carbons (Fsp3) is 1.00. The van der Waals surface area contributed by atoms with Gasteiger partial charge in [-0.05, 0) is 27.2 Å². The third kappa shape index (κ3) is 19.9. The van der Waals surface area contributed by atoms with E-state index in [9.17, 15) is 0 Å². The first-order valence-electron chi connectivity index (χ1n) is 10.4. The summed E-state index contributed by atoms with van der Waals surface area (Å²) in [5.74, 6) is 0. The molecule has 0 bridgehead atoms. The lowest BCUT2D eigenvalue weighted by Gasteiger charge is -2.16. The van der Waals surface area contributed by atoms with Crippen LogP contribution in [-0.2, 0) is 9.47 Å². The second kappa shape index (κ2) is 18.3. The highest BCUT2D eigenvalue weighted by atomic mass is 16.7. The number of ether oxygens (including phenoxy) is 2. The summed E-state index contributed by atoms with van der Waals surface area (Å²) in [6.07, 6.45) is 19.8. The highest BCUT2D eigenvalue weighted by Gasteiger charge is 2.03. The molecule has 0 aromatic heterocycles. The largest absolute Gasteiger partial charge is 0.353 e. The predicted molar refractivity (Wildman–Crippen MR) is 102 cm³/mol. The molecular weight excluding hydrogens is 284 g/mol. The van der Waals surface area contributed by atoms with Gasteiger partial charge in [-0.3, -0.25) is 0 Å². The Labute approximate surface area is 146 Å². The maximum absolute atomic E-state index is 5.64. The molecular formula is C21H44O2. The summed E-state index contributed by atoms with van der Waals surface area (Å²) < 4.78 is 11.2. The Bertz CT molecular complexity index is 216. The van der Waals surface area contributed by atoms with Crippen molar-refractivity contribution < 1.29 is 9.47 Å². The van der Waals surface area contributed by atoms with Crippen molar-refractivity contribution >= 4 is 0 Å². The minimum atomic E-state index is -0.0584. The van der Waals surface area contributed by atoms with Gasteiger partial charge in [0.1, 0.15) is 0 Å². The van der Waals surface area contributed by atoms with Crippen LogP contribution in [0.15, 0.2) is 0 Å². The Morgan fingerprint density at radius 3 is 1.35 bits per heavy atom. The van der Waals surface area contributed by atoms with Crippen LogP contribution >= 0.6 is 0 Å². The lowest BCUT2D eigenvalue weighted by atomic mass is 10.0. The molecule has 0 spiro atoms. The summed E-state index contributed by atoms with van der Waals surface area (Å²) in [6.45, 7) is 9.21. The van der Waals surface area contributed by atoms with Crippen molar-refractivity contribution in [2.24, 2.45) is 0 Å². The van der Waals surface area contributed by atoms with Gasteiger partial charge in [-0.15, -0.1) is 0 Å². The third-order valence-corrected chi connectivity index (χ3v) is 4.31. The Balaban J connectivity index is 3.05. The average molecular weight is 329 g/mol. The highest BCUT2D eigenvalue weighted by Crippen LogP contribution is 2.13. The molecule has 140 valence electrons. The molecule has 0 aliphatic carbocycles.